The van der Waals surface area contributed by atoms with E-state index in [4.69, 9.17) is 15.4 Å². The van der Waals surface area contributed by atoms with Gasteiger partial charge in [-0.1, -0.05) is 5.11 Å². The van der Waals surface area contributed by atoms with E-state index in [0.29, 0.717) is 13.0 Å². The molecule has 0 aromatic rings. The molecule has 0 heterocycles. The molecule has 15 heavy (non-hydrogen) atoms. The standard InChI is InChI=1S/C8H13N3O4/c9-11-10-5-2-6-15-8(14)4-1-3-7(12)13/h1-6H2,(H,12,13). The fraction of sp³-hybridized carbons (Fsp3) is 0.750. The van der Waals surface area contributed by atoms with Gasteiger partial charge in [-0.2, -0.15) is 0 Å². The van der Waals surface area contributed by atoms with Gasteiger partial charge >= 0.3 is 11.9 Å². The van der Waals surface area contributed by atoms with Crippen molar-refractivity contribution in [2.24, 2.45) is 5.11 Å². The zero-order valence-electron chi connectivity index (χ0n) is 8.26. The fourth-order valence-corrected chi connectivity index (χ4v) is 0.822. The van der Waals surface area contributed by atoms with Gasteiger partial charge in [0.1, 0.15) is 0 Å². The number of aliphatic carboxylic acids is 1. The summed E-state index contributed by atoms with van der Waals surface area (Å²) in [6.07, 6.45) is 0.834. The van der Waals surface area contributed by atoms with Crippen molar-refractivity contribution in [1.29, 1.82) is 0 Å². The van der Waals surface area contributed by atoms with Crippen molar-refractivity contribution < 1.29 is 19.4 Å². The number of carbonyl (C=O) groups excluding carboxylic acids is 1. The van der Waals surface area contributed by atoms with Crippen LogP contribution in [0.5, 0.6) is 0 Å². The van der Waals surface area contributed by atoms with Crippen LogP contribution < -0.4 is 0 Å². The molecular formula is C8H13N3O4. The van der Waals surface area contributed by atoms with E-state index in [1.807, 2.05) is 0 Å². The highest BCUT2D eigenvalue weighted by atomic mass is 16.5. The summed E-state index contributed by atoms with van der Waals surface area (Å²) in [4.78, 5) is 23.6. The first-order chi connectivity index (χ1) is 7.16. The van der Waals surface area contributed by atoms with Crippen LogP contribution in [-0.2, 0) is 14.3 Å². The maximum absolute atomic E-state index is 10.9. The maximum Gasteiger partial charge on any atom is 0.305 e. The number of esters is 1. The van der Waals surface area contributed by atoms with Crippen LogP contribution in [0.3, 0.4) is 0 Å². The van der Waals surface area contributed by atoms with E-state index >= 15 is 0 Å². The quantitative estimate of drug-likeness (QED) is 0.217. The molecule has 0 saturated heterocycles. The van der Waals surface area contributed by atoms with Gasteiger partial charge in [0.2, 0.25) is 0 Å². The monoisotopic (exact) mass is 215 g/mol. The lowest BCUT2D eigenvalue weighted by Crippen LogP contribution is -2.07. The van der Waals surface area contributed by atoms with Crippen LogP contribution in [-0.4, -0.2) is 30.2 Å². The number of azide groups is 1. The van der Waals surface area contributed by atoms with Gasteiger partial charge in [-0.15, -0.1) is 0 Å². The van der Waals surface area contributed by atoms with Gasteiger partial charge in [-0.3, -0.25) is 9.59 Å². The molecule has 0 aliphatic rings. The Hall–Kier alpha value is -1.75. The van der Waals surface area contributed by atoms with E-state index < -0.39 is 11.9 Å². The second kappa shape index (κ2) is 8.83. The number of hydrogen-bond donors (Lipinski definition) is 1. The van der Waals surface area contributed by atoms with Gasteiger partial charge in [0, 0.05) is 24.3 Å². The number of carboxylic acid groups (broad SMARTS) is 1. The van der Waals surface area contributed by atoms with Gasteiger partial charge in [-0.25, -0.2) is 0 Å². The molecule has 7 nitrogen and oxygen atoms in total. The zero-order chi connectivity index (χ0) is 11.5. The molecule has 0 saturated carbocycles. The van der Waals surface area contributed by atoms with Crippen LogP contribution in [0.1, 0.15) is 25.7 Å². The largest absolute Gasteiger partial charge is 0.481 e. The zero-order valence-corrected chi connectivity index (χ0v) is 8.26. The minimum Gasteiger partial charge on any atom is -0.481 e. The van der Waals surface area contributed by atoms with Crippen molar-refractivity contribution in [3.63, 3.8) is 0 Å². The first-order valence-corrected chi connectivity index (χ1v) is 4.55. The predicted octanol–water partition coefficient (Wildman–Crippen LogP) is 1.48. The number of rotatable bonds is 8. The van der Waals surface area contributed by atoms with E-state index in [-0.39, 0.29) is 25.9 Å². The molecule has 0 spiro atoms. The number of nitrogens with zero attached hydrogens (tertiary/aromatic N) is 3. The van der Waals surface area contributed by atoms with Crippen LogP contribution in [0, 0.1) is 0 Å². The normalized spacial score (nSPS) is 9.07. The molecule has 84 valence electrons. The molecular weight excluding hydrogens is 202 g/mol. The van der Waals surface area contributed by atoms with Gasteiger partial charge in [0.05, 0.1) is 6.61 Å². The smallest absolute Gasteiger partial charge is 0.305 e. The molecule has 0 aliphatic carbocycles. The summed E-state index contributed by atoms with van der Waals surface area (Å²) in [5, 5.41) is 11.6. The SMILES string of the molecule is [N-]=[N+]=NCCCOC(=O)CCCC(=O)O. The number of ether oxygens (including phenoxy) is 1. The van der Waals surface area contributed by atoms with Crippen molar-refractivity contribution in [1.82, 2.24) is 0 Å². The summed E-state index contributed by atoms with van der Waals surface area (Å²) in [6.45, 7) is 0.490. The Balaban J connectivity index is 3.33. The van der Waals surface area contributed by atoms with E-state index in [0.717, 1.165) is 0 Å². The van der Waals surface area contributed by atoms with Crippen molar-refractivity contribution >= 4 is 11.9 Å². The molecule has 0 bridgehead atoms. The van der Waals surface area contributed by atoms with Crippen LogP contribution >= 0.6 is 0 Å². The van der Waals surface area contributed by atoms with Crippen LogP contribution in [0.2, 0.25) is 0 Å². The third-order valence-corrected chi connectivity index (χ3v) is 1.50. The Bertz CT molecular complexity index is 261. The molecule has 0 aromatic heterocycles. The van der Waals surface area contributed by atoms with Crippen molar-refractivity contribution in [2.75, 3.05) is 13.2 Å². The number of carboxylic acids is 1. The second-order valence-corrected chi connectivity index (χ2v) is 2.78. The topological polar surface area (TPSA) is 112 Å². The van der Waals surface area contributed by atoms with E-state index in [2.05, 4.69) is 10.0 Å². The summed E-state index contributed by atoms with van der Waals surface area (Å²) in [5.41, 5.74) is 7.94. The Kier molecular flexibility index (Phi) is 7.80. The second-order valence-electron chi connectivity index (χ2n) is 2.78. The molecule has 0 rings (SSSR count). The Morgan fingerprint density at radius 1 is 1.33 bits per heavy atom. The van der Waals surface area contributed by atoms with Gasteiger partial charge in [0.25, 0.3) is 0 Å². The third kappa shape index (κ3) is 10.2. The fourth-order valence-electron chi connectivity index (χ4n) is 0.822. The summed E-state index contributed by atoms with van der Waals surface area (Å²) in [5.74, 6) is -1.34. The highest BCUT2D eigenvalue weighted by Crippen LogP contribution is 1.98. The summed E-state index contributed by atoms with van der Waals surface area (Å²) in [6, 6.07) is 0. The Labute approximate surface area is 86.7 Å². The van der Waals surface area contributed by atoms with Gasteiger partial charge in [0.15, 0.2) is 0 Å². The summed E-state index contributed by atoms with van der Waals surface area (Å²) < 4.78 is 4.76. The van der Waals surface area contributed by atoms with Gasteiger partial charge in [-0.05, 0) is 18.4 Å². The van der Waals surface area contributed by atoms with E-state index in [1.165, 1.54) is 0 Å². The van der Waals surface area contributed by atoms with Crippen LogP contribution in [0.4, 0.5) is 0 Å². The van der Waals surface area contributed by atoms with Gasteiger partial charge < -0.3 is 9.84 Å². The molecule has 0 radical (unpaired) electrons. The lowest BCUT2D eigenvalue weighted by atomic mass is 10.2. The minimum absolute atomic E-state index is 0.0339. The molecule has 1 N–H and O–H groups in total. The van der Waals surface area contributed by atoms with E-state index in [1.54, 1.807) is 0 Å². The third-order valence-electron chi connectivity index (χ3n) is 1.50. The van der Waals surface area contributed by atoms with Crippen LogP contribution in [0.15, 0.2) is 5.11 Å². The average Bonchev–Trinajstić information content (AvgIpc) is 2.17. The molecule has 0 aliphatic heterocycles. The molecule has 0 unspecified atom stereocenters. The lowest BCUT2D eigenvalue weighted by molar-refractivity contribution is -0.144. The number of hydrogen-bond acceptors (Lipinski definition) is 4. The average molecular weight is 215 g/mol. The maximum atomic E-state index is 10.9. The van der Waals surface area contributed by atoms with E-state index in [9.17, 15) is 9.59 Å². The number of carbonyl (C=O) groups is 2. The van der Waals surface area contributed by atoms with Crippen molar-refractivity contribution in [3.8, 4) is 0 Å². The minimum atomic E-state index is -0.925. The first kappa shape index (κ1) is 13.2. The molecule has 0 fully saturated rings. The van der Waals surface area contributed by atoms with Crippen molar-refractivity contribution in [2.45, 2.75) is 25.7 Å². The Morgan fingerprint density at radius 2 is 2.07 bits per heavy atom. The molecule has 0 atom stereocenters. The first-order valence-electron chi connectivity index (χ1n) is 4.55. The lowest BCUT2D eigenvalue weighted by Gasteiger charge is -2.02. The molecule has 7 heteroatoms. The highest BCUT2D eigenvalue weighted by Gasteiger charge is 2.04. The Morgan fingerprint density at radius 3 is 2.67 bits per heavy atom. The predicted molar refractivity (Wildman–Crippen MR) is 51.1 cm³/mol. The van der Waals surface area contributed by atoms with Crippen LogP contribution in [0.25, 0.3) is 10.4 Å². The summed E-state index contributed by atoms with van der Waals surface area (Å²) in [7, 11) is 0. The molecule has 0 amide bonds. The van der Waals surface area contributed by atoms with Crippen molar-refractivity contribution in [3.05, 3.63) is 10.4 Å². The molecule has 0 aromatic carbocycles. The highest BCUT2D eigenvalue weighted by molar-refractivity contribution is 5.71. The summed E-state index contributed by atoms with van der Waals surface area (Å²) >= 11 is 0.